The van der Waals surface area contributed by atoms with Crippen molar-refractivity contribution in [1.82, 2.24) is 10.2 Å². The van der Waals surface area contributed by atoms with Crippen molar-refractivity contribution in [3.8, 4) is 11.1 Å². The van der Waals surface area contributed by atoms with Gasteiger partial charge in [0.25, 0.3) is 11.6 Å². The highest BCUT2D eigenvalue weighted by Crippen LogP contribution is 2.58. The van der Waals surface area contributed by atoms with E-state index in [1.807, 2.05) is 30.3 Å². The molecule has 0 aromatic heterocycles. The Morgan fingerprint density at radius 2 is 1.80 bits per heavy atom. The van der Waals surface area contributed by atoms with Gasteiger partial charge in [-0.2, -0.15) is 0 Å². The first-order chi connectivity index (χ1) is 16.6. The number of benzene rings is 2. The zero-order valence-corrected chi connectivity index (χ0v) is 19.5. The van der Waals surface area contributed by atoms with Crippen LogP contribution in [0.1, 0.15) is 38.7 Å². The normalized spacial score (nSPS) is 30.5. The number of amides is 2. The maximum Gasteiger partial charge on any atom is 0.277 e. The Kier molecular flexibility index (Phi) is 4.26. The summed E-state index contributed by atoms with van der Waals surface area (Å²) in [4.78, 5) is 54.3. The van der Waals surface area contributed by atoms with E-state index in [1.54, 1.807) is 30.9 Å². The first kappa shape index (κ1) is 21.7. The number of piperidine rings is 2. The fraction of sp³-hybridized carbons (Fsp3) is 0.370. The summed E-state index contributed by atoms with van der Waals surface area (Å²) in [5.41, 5.74) is -1.67. The molecule has 4 aliphatic heterocycles. The molecule has 35 heavy (non-hydrogen) atoms. The molecule has 4 saturated heterocycles. The second-order valence-electron chi connectivity index (χ2n) is 10.6. The minimum Gasteiger partial charge on any atom is -0.336 e. The highest BCUT2D eigenvalue weighted by atomic mass is 16.6. The third kappa shape index (κ3) is 2.65. The number of Topliss-reactive ketones (excluding diaryl/α,β-unsaturated/α-hetero) is 1. The van der Waals surface area contributed by atoms with Crippen molar-refractivity contribution in [3.63, 3.8) is 0 Å². The van der Waals surface area contributed by atoms with Crippen LogP contribution in [0.4, 0.5) is 5.69 Å². The number of carbonyl (C=O) groups excluding carboxylic acids is 3. The van der Waals surface area contributed by atoms with Gasteiger partial charge in [-0.1, -0.05) is 44.2 Å². The summed E-state index contributed by atoms with van der Waals surface area (Å²) in [5, 5.41) is 15.0. The number of nitro groups is 1. The fourth-order valence-corrected chi connectivity index (χ4v) is 6.77. The van der Waals surface area contributed by atoms with E-state index < -0.39 is 27.3 Å². The minimum atomic E-state index is -1.40. The number of hydrogen-bond donors (Lipinski definition) is 1. The number of ketones is 1. The van der Waals surface area contributed by atoms with Crippen molar-refractivity contribution in [3.05, 3.63) is 70.3 Å². The molecular formula is C27H25N3O5. The van der Waals surface area contributed by atoms with Crippen LogP contribution in [0.2, 0.25) is 0 Å². The molecule has 0 radical (unpaired) electrons. The number of nitrogens with zero attached hydrogens (tertiary/aromatic N) is 2. The molecule has 1 aliphatic carbocycles. The highest BCUT2D eigenvalue weighted by Gasteiger charge is 2.72. The molecule has 2 spiro atoms. The first-order valence-corrected chi connectivity index (χ1v) is 11.9. The van der Waals surface area contributed by atoms with Crippen LogP contribution < -0.4 is 5.32 Å². The average molecular weight is 472 g/mol. The zero-order valence-electron chi connectivity index (χ0n) is 19.5. The average Bonchev–Trinajstić information content (AvgIpc) is 3.29. The molecule has 2 aromatic carbocycles. The first-order valence-electron chi connectivity index (χ1n) is 11.9. The summed E-state index contributed by atoms with van der Waals surface area (Å²) in [6.45, 7) is 4.08. The Labute approximate surface area is 202 Å². The van der Waals surface area contributed by atoms with Crippen LogP contribution in [0, 0.1) is 21.4 Å². The summed E-state index contributed by atoms with van der Waals surface area (Å²) in [5.74, 6) is -1.09. The van der Waals surface area contributed by atoms with E-state index in [2.05, 4.69) is 5.32 Å². The SMILES string of the molecule is CC1(C)C(=O)C(c2cc(-c3ccccc3)ccc2[N+](=O)[O-])=CC23NC(=O)C4(CCCN4C2=O)CC13. The van der Waals surface area contributed by atoms with Gasteiger partial charge in [0.05, 0.1) is 10.5 Å². The number of allylic oxidation sites excluding steroid dienone is 1. The summed E-state index contributed by atoms with van der Waals surface area (Å²) in [6, 6.07) is 14.1. The highest BCUT2D eigenvalue weighted by molar-refractivity contribution is 6.27. The number of piperazine rings is 1. The molecule has 4 heterocycles. The zero-order chi connectivity index (χ0) is 24.8. The van der Waals surface area contributed by atoms with Gasteiger partial charge in [-0.05, 0) is 48.6 Å². The van der Waals surface area contributed by atoms with Gasteiger partial charge in [-0.3, -0.25) is 24.5 Å². The minimum absolute atomic E-state index is 0.109. The number of carbonyl (C=O) groups is 3. The third-order valence-corrected chi connectivity index (χ3v) is 8.59. The van der Waals surface area contributed by atoms with Crippen molar-refractivity contribution in [2.45, 2.75) is 44.2 Å². The van der Waals surface area contributed by atoms with E-state index >= 15 is 0 Å². The van der Waals surface area contributed by atoms with E-state index in [9.17, 15) is 24.5 Å². The number of nitro benzene ring substituents is 1. The molecule has 4 fully saturated rings. The van der Waals surface area contributed by atoms with Gasteiger partial charge in [0.15, 0.2) is 5.78 Å². The lowest BCUT2D eigenvalue weighted by molar-refractivity contribution is -0.385. The molecule has 3 atom stereocenters. The second kappa shape index (κ2) is 6.87. The third-order valence-electron chi connectivity index (χ3n) is 8.59. The lowest BCUT2D eigenvalue weighted by atomic mass is 9.51. The summed E-state index contributed by atoms with van der Waals surface area (Å²) in [7, 11) is 0. The monoisotopic (exact) mass is 471 g/mol. The molecule has 2 aromatic rings. The molecule has 2 bridgehead atoms. The Bertz CT molecular complexity index is 1360. The van der Waals surface area contributed by atoms with Gasteiger partial charge >= 0.3 is 0 Å². The number of nitrogens with one attached hydrogen (secondary N) is 1. The molecule has 7 rings (SSSR count). The molecule has 8 heteroatoms. The predicted molar refractivity (Wildman–Crippen MR) is 128 cm³/mol. The van der Waals surface area contributed by atoms with E-state index in [1.165, 1.54) is 12.1 Å². The molecule has 178 valence electrons. The van der Waals surface area contributed by atoms with Crippen molar-refractivity contribution >= 4 is 28.9 Å². The molecule has 8 nitrogen and oxygen atoms in total. The van der Waals surface area contributed by atoms with Crippen LogP contribution in [-0.2, 0) is 14.4 Å². The Hall–Kier alpha value is -3.81. The van der Waals surface area contributed by atoms with Gasteiger partial charge in [0, 0.05) is 29.5 Å². The van der Waals surface area contributed by atoms with Crippen LogP contribution in [-0.4, -0.2) is 45.0 Å². The van der Waals surface area contributed by atoms with Crippen LogP contribution in [0.15, 0.2) is 54.6 Å². The summed E-state index contributed by atoms with van der Waals surface area (Å²) < 4.78 is 0. The lowest BCUT2D eigenvalue weighted by Gasteiger charge is -2.62. The molecule has 3 unspecified atom stereocenters. The van der Waals surface area contributed by atoms with Crippen LogP contribution >= 0.6 is 0 Å². The summed E-state index contributed by atoms with van der Waals surface area (Å²) in [6.07, 6.45) is 3.25. The van der Waals surface area contributed by atoms with Crippen molar-refractivity contribution in [2.24, 2.45) is 11.3 Å². The maximum atomic E-state index is 13.9. The molecule has 1 N–H and O–H groups in total. The Morgan fingerprint density at radius 1 is 1.06 bits per heavy atom. The maximum absolute atomic E-state index is 13.9. The van der Waals surface area contributed by atoms with E-state index in [4.69, 9.17) is 0 Å². The summed E-state index contributed by atoms with van der Waals surface area (Å²) >= 11 is 0. The second-order valence-corrected chi connectivity index (χ2v) is 10.6. The number of rotatable bonds is 3. The topological polar surface area (TPSA) is 110 Å². The predicted octanol–water partition coefficient (Wildman–Crippen LogP) is 3.50. The smallest absolute Gasteiger partial charge is 0.277 e. The van der Waals surface area contributed by atoms with Crippen molar-refractivity contribution < 1.29 is 19.3 Å². The lowest BCUT2D eigenvalue weighted by Crippen LogP contribution is -2.83. The van der Waals surface area contributed by atoms with Gasteiger partial charge in [0.2, 0.25) is 5.91 Å². The number of fused-ring (bicyclic) bond motifs is 1. The van der Waals surface area contributed by atoms with Gasteiger partial charge < -0.3 is 10.2 Å². The van der Waals surface area contributed by atoms with E-state index in [-0.39, 0.29) is 34.4 Å². The van der Waals surface area contributed by atoms with Gasteiger partial charge in [0.1, 0.15) is 11.1 Å². The largest absolute Gasteiger partial charge is 0.336 e. The molecule has 5 aliphatic rings. The van der Waals surface area contributed by atoms with Crippen molar-refractivity contribution in [2.75, 3.05) is 6.54 Å². The van der Waals surface area contributed by atoms with Crippen LogP contribution in [0.3, 0.4) is 0 Å². The molecule has 0 saturated carbocycles. The van der Waals surface area contributed by atoms with E-state index in [0.29, 0.717) is 19.4 Å². The van der Waals surface area contributed by atoms with Gasteiger partial charge in [-0.25, -0.2) is 0 Å². The molecular weight excluding hydrogens is 446 g/mol. The standard InChI is InChI=1S/C27H25N3O5/c1-25(2)21-15-26-11-6-12-29(26)24(33)27(21,28-23(26)32)14-19(22(25)31)18-13-17(9-10-20(18)30(34)35)16-7-4-3-5-8-16/h3-5,7-10,13-14,21H,6,11-12,15H2,1-2H3,(H,28,32). The van der Waals surface area contributed by atoms with Crippen LogP contribution in [0.5, 0.6) is 0 Å². The fourth-order valence-electron chi connectivity index (χ4n) is 6.77. The molecule has 2 amide bonds. The van der Waals surface area contributed by atoms with Gasteiger partial charge in [-0.15, -0.1) is 0 Å². The van der Waals surface area contributed by atoms with Crippen molar-refractivity contribution in [1.29, 1.82) is 0 Å². The quantitative estimate of drug-likeness (QED) is 0.544. The van der Waals surface area contributed by atoms with E-state index in [0.717, 1.165) is 17.5 Å². The Morgan fingerprint density at radius 3 is 2.51 bits per heavy atom. The number of hydrogen-bond acceptors (Lipinski definition) is 5. The Balaban J connectivity index is 1.59. The van der Waals surface area contributed by atoms with Crippen LogP contribution in [0.25, 0.3) is 16.7 Å².